The summed E-state index contributed by atoms with van der Waals surface area (Å²) in [5.41, 5.74) is 0.677. The maximum absolute atomic E-state index is 12.3. The van der Waals surface area contributed by atoms with Gasteiger partial charge in [0, 0.05) is 37.0 Å². The summed E-state index contributed by atoms with van der Waals surface area (Å²) in [6.07, 6.45) is 8.81. The summed E-state index contributed by atoms with van der Waals surface area (Å²) >= 11 is 0. The summed E-state index contributed by atoms with van der Waals surface area (Å²) in [7, 11) is 1.62. The summed E-state index contributed by atoms with van der Waals surface area (Å²) in [4.78, 5) is 17.2. The van der Waals surface area contributed by atoms with E-state index in [1.54, 1.807) is 19.3 Å². The van der Waals surface area contributed by atoms with Gasteiger partial charge in [0.25, 0.3) is 0 Å². The molecule has 2 heterocycles. The van der Waals surface area contributed by atoms with Crippen LogP contribution in [0.15, 0.2) is 36.5 Å². The summed E-state index contributed by atoms with van der Waals surface area (Å²) in [6, 6.07) is 7.89. The second kappa shape index (κ2) is 7.64. The molecule has 2 saturated heterocycles. The van der Waals surface area contributed by atoms with Gasteiger partial charge in [-0.05, 0) is 50.9 Å². The van der Waals surface area contributed by atoms with E-state index in [1.165, 1.54) is 38.8 Å². The van der Waals surface area contributed by atoms with Gasteiger partial charge in [-0.3, -0.25) is 4.79 Å². The van der Waals surface area contributed by atoms with Gasteiger partial charge in [-0.15, -0.1) is 0 Å². The first kappa shape index (κ1) is 16.1. The SMILES string of the molecule is COc1cccc(C(=O)/C=C/N2CCC[C@H]2CN2CCCC2)c1. The fraction of sp³-hybridized carbons (Fsp3) is 0.526. The predicted molar refractivity (Wildman–Crippen MR) is 91.9 cm³/mol. The van der Waals surface area contributed by atoms with Gasteiger partial charge in [0.15, 0.2) is 5.78 Å². The molecule has 0 aliphatic carbocycles. The van der Waals surface area contributed by atoms with Crippen molar-refractivity contribution in [3.05, 3.63) is 42.1 Å². The fourth-order valence-electron chi connectivity index (χ4n) is 3.55. The van der Waals surface area contributed by atoms with Crippen molar-refractivity contribution in [2.75, 3.05) is 33.3 Å². The molecule has 1 atom stereocenters. The van der Waals surface area contributed by atoms with Crippen LogP contribution in [0.2, 0.25) is 0 Å². The van der Waals surface area contributed by atoms with Crippen LogP contribution in [0.1, 0.15) is 36.0 Å². The number of nitrogens with zero attached hydrogens (tertiary/aromatic N) is 2. The molecule has 0 radical (unpaired) electrons. The van der Waals surface area contributed by atoms with Crippen LogP contribution >= 0.6 is 0 Å². The third kappa shape index (κ3) is 4.14. The Kier molecular flexibility index (Phi) is 5.34. The minimum absolute atomic E-state index is 0.0377. The second-order valence-electron chi connectivity index (χ2n) is 6.45. The summed E-state index contributed by atoms with van der Waals surface area (Å²) in [5, 5.41) is 0. The third-order valence-electron chi connectivity index (χ3n) is 4.86. The van der Waals surface area contributed by atoms with Crippen LogP contribution in [-0.2, 0) is 0 Å². The van der Waals surface area contributed by atoms with Gasteiger partial charge in [0.1, 0.15) is 5.75 Å². The largest absolute Gasteiger partial charge is 0.497 e. The van der Waals surface area contributed by atoms with Crippen LogP contribution in [0.4, 0.5) is 0 Å². The van der Waals surface area contributed by atoms with E-state index in [9.17, 15) is 4.79 Å². The summed E-state index contributed by atoms with van der Waals surface area (Å²) in [5.74, 6) is 0.757. The lowest BCUT2D eigenvalue weighted by Crippen LogP contribution is -2.36. The van der Waals surface area contributed by atoms with Crippen molar-refractivity contribution in [3.63, 3.8) is 0 Å². The molecule has 0 bridgehead atoms. The van der Waals surface area contributed by atoms with E-state index in [2.05, 4.69) is 9.80 Å². The normalized spacial score (nSPS) is 22.1. The van der Waals surface area contributed by atoms with Crippen molar-refractivity contribution in [3.8, 4) is 5.75 Å². The molecule has 124 valence electrons. The zero-order valence-electron chi connectivity index (χ0n) is 13.9. The predicted octanol–water partition coefficient (Wildman–Crippen LogP) is 2.95. The minimum atomic E-state index is 0.0377. The third-order valence-corrected chi connectivity index (χ3v) is 4.86. The molecule has 2 aliphatic heterocycles. The topological polar surface area (TPSA) is 32.8 Å². The highest BCUT2D eigenvalue weighted by Crippen LogP contribution is 2.21. The standard InChI is InChI=1S/C19H26N2O2/c1-23-18-8-4-6-16(14-18)19(22)9-13-21-12-5-7-17(21)15-20-10-2-3-11-20/h4,6,8-9,13-14,17H,2-3,5,7,10-12,15H2,1H3/b13-9+/t17-/m0/s1. The van der Waals surface area contributed by atoms with Gasteiger partial charge < -0.3 is 14.5 Å². The Bertz CT molecular complexity index is 564. The number of carbonyl (C=O) groups is 1. The van der Waals surface area contributed by atoms with Crippen LogP contribution in [0.25, 0.3) is 0 Å². The number of ether oxygens (including phenoxy) is 1. The first-order valence-corrected chi connectivity index (χ1v) is 8.61. The number of allylic oxidation sites excluding steroid dienone is 1. The number of likely N-dealkylation sites (tertiary alicyclic amines) is 2. The van der Waals surface area contributed by atoms with Crippen LogP contribution < -0.4 is 4.74 Å². The Hall–Kier alpha value is -1.81. The molecule has 4 heteroatoms. The Morgan fingerprint density at radius 2 is 2.09 bits per heavy atom. The van der Waals surface area contributed by atoms with E-state index in [0.29, 0.717) is 11.6 Å². The van der Waals surface area contributed by atoms with Crippen LogP contribution in [0, 0.1) is 0 Å². The first-order valence-electron chi connectivity index (χ1n) is 8.61. The quantitative estimate of drug-likeness (QED) is 0.597. The Morgan fingerprint density at radius 1 is 1.26 bits per heavy atom. The van der Waals surface area contributed by atoms with E-state index < -0.39 is 0 Å². The van der Waals surface area contributed by atoms with E-state index >= 15 is 0 Å². The second-order valence-corrected chi connectivity index (χ2v) is 6.45. The highest BCUT2D eigenvalue weighted by atomic mass is 16.5. The molecule has 2 aliphatic rings. The number of carbonyl (C=O) groups excluding carboxylic acids is 1. The van der Waals surface area contributed by atoms with Gasteiger partial charge in [-0.25, -0.2) is 0 Å². The van der Waals surface area contributed by atoms with Gasteiger partial charge in [-0.2, -0.15) is 0 Å². The molecule has 1 aromatic carbocycles. The zero-order valence-corrected chi connectivity index (χ0v) is 13.9. The molecule has 0 amide bonds. The van der Waals surface area contributed by atoms with Crippen molar-refractivity contribution >= 4 is 5.78 Å². The molecule has 1 aromatic rings. The van der Waals surface area contributed by atoms with Crippen LogP contribution in [-0.4, -0.2) is 54.9 Å². The molecule has 0 spiro atoms. The number of hydrogen-bond acceptors (Lipinski definition) is 4. The average Bonchev–Trinajstić information content (AvgIpc) is 3.25. The lowest BCUT2D eigenvalue weighted by molar-refractivity contribution is 0.104. The molecule has 0 unspecified atom stereocenters. The lowest BCUT2D eigenvalue weighted by atomic mass is 10.1. The van der Waals surface area contributed by atoms with Gasteiger partial charge in [0.05, 0.1) is 7.11 Å². The monoisotopic (exact) mass is 314 g/mol. The van der Waals surface area contributed by atoms with Gasteiger partial charge in [0.2, 0.25) is 0 Å². The number of rotatable bonds is 6. The highest BCUT2D eigenvalue weighted by Gasteiger charge is 2.25. The molecular weight excluding hydrogens is 288 g/mol. The molecule has 3 rings (SSSR count). The smallest absolute Gasteiger partial charge is 0.187 e. The van der Waals surface area contributed by atoms with Crippen molar-refractivity contribution in [1.29, 1.82) is 0 Å². The Balaban J connectivity index is 1.60. The van der Waals surface area contributed by atoms with E-state index in [4.69, 9.17) is 4.74 Å². The van der Waals surface area contributed by atoms with Gasteiger partial charge in [-0.1, -0.05) is 12.1 Å². The van der Waals surface area contributed by atoms with Crippen LogP contribution in [0.3, 0.4) is 0 Å². The molecule has 23 heavy (non-hydrogen) atoms. The number of methoxy groups -OCH3 is 1. The van der Waals surface area contributed by atoms with E-state index in [-0.39, 0.29) is 5.78 Å². The minimum Gasteiger partial charge on any atom is -0.497 e. The summed E-state index contributed by atoms with van der Waals surface area (Å²) < 4.78 is 5.18. The van der Waals surface area contributed by atoms with E-state index in [1.807, 2.05) is 24.4 Å². The van der Waals surface area contributed by atoms with Gasteiger partial charge >= 0.3 is 0 Å². The molecule has 4 nitrogen and oxygen atoms in total. The molecular formula is C19H26N2O2. The molecule has 0 aromatic heterocycles. The Labute approximate surface area is 138 Å². The van der Waals surface area contributed by atoms with E-state index in [0.717, 1.165) is 18.8 Å². The molecule has 0 saturated carbocycles. The van der Waals surface area contributed by atoms with Crippen molar-refractivity contribution in [1.82, 2.24) is 9.80 Å². The lowest BCUT2D eigenvalue weighted by Gasteiger charge is -2.27. The van der Waals surface area contributed by atoms with Crippen molar-refractivity contribution in [2.45, 2.75) is 31.7 Å². The highest BCUT2D eigenvalue weighted by molar-refractivity contribution is 6.04. The number of ketones is 1. The fourth-order valence-corrected chi connectivity index (χ4v) is 3.55. The maximum Gasteiger partial charge on any atom is 0.187 e. The maximum atomic E-state index is 12.3. The first-order chi connectivity index (χ1) is 11.3. The average molecular weight is 314 g/mol. The number of benzene rings is 1. The zero-order chi connectivity index (χ0) is 16.1. The van der Waals surface area contributed by atoms with Crippen LogP contribution in [0.5, 0.6) is 5.75 Å². The molecule has 0 N–H and O–H groups in total. The molecule has 2 fully saturated rings. The summed E-state index contributed by atoms with van der Waals surface area (Å²) in [6.45, 7) is 4.66. The van der Waals surface area contributed by atoms with Crippen molar-refractivity contribution < 1.29 is 9.53 Å². The number of hydrogen-bond donors (Lipinski definition) is 0. The Morgan fingerprint density at radius 3 is 2.87 bits per heavy atom. The van der Waals surface area contributed by atoms with Crippen molar-refractivity contribution in [2.24, 2.45) is 0 Å².